The van der Waals surface area contributed by atoms with Crippen LogP contribution in [0, 0.1) is 46.3 Å². The van der Waals surface area contributed by atoms with Gasteiger partial charge in [-0.2, -0.15) is 0 Å². The first kappa shape index (κ1) is 36.1. The van der Waals surface area contributed by atoms with Crippen LogP contribution in [-0.4, -0.2) is 62.3 Å². The van der Waals surface area contributed by atoms with Crippen molar-refractivity contribution in [3.8, 4) is 0 Å². The van der Waals surface area contributed by atoms with Crippen molar-refractivity contribution in [2.45, 2.75) is 158 Å². The molecule has 0 radical (unpaired) electrons. The summed E-state index contributed by atoms with van der Waals surface area (Å²) in [6, 6.07) is 1.52. The second-order valence-electron chi connectivity index (χ2n) is 18.0. The molecule has 8 atom stereocenters. The average molecular weight is 563 g/mol. The molecular formula is C38H78N2+2. The third kappa shape index (κ3) is 9.21. The predicted octanol–water partition coefficient (Wildman–Crippen LogP) is 10.5. The molecule has 0 heterocycles. The van der Waals surface area contributed by atoms with Crippen molar-refractivity contribution in [2.75, 3.05) is 41.3 Å². The molecule has 8 unspecified atom stereocenters. The molecule has 0 N–H and O–H groups in total. The van der Waals surface area contributed by atoms with E-state index in [0.717, 1.165) is 47.6 Å². The Morgan fingerprint density at radius 2 is 0.875 bits per heavy atom. The van der Waals surface area contributed by atoms with Gasteiger partial charge in [-0.1, -0.05) is 68.2 Å². The molecular weight excluding hydrogens is 484 g/mol. The largest absolute Gasteiger partial charge is 0.326 e. The summed E-state index contributed by atoms with van der Waals surface area (Å²) in [6.07, 6.45) is 16.9. The Morgan fingerprint density at radius 1 is 0.550 bits per heavy atom. The smallest absolute Gasteiger partial charge is 0.0857 e. The van der Waals surface area contributed by atoms with Gasteiger partial charge in [-0.25, -0.2) is 0 Å². The van der Waals surface area contributed by atoms with E-state index >= 15 is 0 Å². The number of rotatable bonds is 15. The predicted molar refractivity (Wildman–Crippen MR) is 179 cm³/mol. The molecule has 2 rings (SSSR count). The normalized spacial score (nSPS) is 32.5. The number of unbranched alkanes of at least 4 members (excludes halogenated alkanes) is 3. The van der Waals surface area contributed by atoms with Crippen molar-refractivity contribution in [3.05, 3.63) is 0 Å². The standard InChI is InChI=1S/C38H78N2/c1-29-19-21-31(3)37(7,8)35(29)25-23-33(5)39(11,12)27-17-15-16-18-28-40(13,14)34(6)24-26-36-30(2)20-22-32(4)38(36,9)10/h29-36H,15-28H2,1-14H3/q+2. The van der Waals surface area contributed by atoms with E-state index in [9.17, 15) is 0 Å². The number of quaternary nitrogens is 2. The van der Waals surface area contributed by atoms with Crippen molar-refractivity contribution >= 4 is 0 Å². The Morgan fingerprint density at radius 3 is 1.20 bits per heavy atom. The summed E-state index contributed by atoms with van der Waals surface area (Å²) in [6.45, 7) is 28.0. The minimum atomic E-state index is 0.502. The van der Waals surface area contributed by atoms with Gasteiger partial charge >= 0.3 is 0 Å². The first-order valence-corrected chi connectivity index (χ1v) is 18.0. The molecule has 2 heteroatoms. The van der Waals surface area contributed by atoms with Gasteiger partial charge in [0, 0.05) is 0 Å². The molecule has 0 saturated heterocycles. The zero-order chi connectivity index (χ0) is 30.5. The van der Waals surface area contributed by atoms with Crippen LogP contribution in [0.1, 0.15) is 146 Å². The minimum absolute atomic E-state index is 0.502. The first-order chi connectivity index (χ1) is 18.3. The molecule has 0 aromatic heterocycles. The van der Waals surface area contributed by atoms with E-state index in [1.165, 1.54) is 99.1 Å². The average Bonchev–Trinajstić information content (AvgIpc) is 2.85. The summed E-state index contributed by atoms with van der Waals surface area (Å²) in [5.74, 6) is 5.31. The number of nitrogens with zero attached hydrogens (tertiary/aromatic N) is 2. The van der Waals surface area contributed by atoms with Gasteiger partial charge in [0.15, 0.2) is 0 Å². The summed E-state index contributed by atoms with van der Waals surface area (Å²) in [7, 11) is 10.00. The lowest BCUT2D eigenvalue weighted by atomic mass is 9.58. The number of hydrogen-bond acceptors (Lipinski definition) is 0. The minimum Gasteiger partial charge on any atom is -0.326 e. The zero-order valence-corrected chi connectivity index (χ0v) is 30.4. The molecule has 238 valence electrons. The Labute approximate surface area is 254 Å². The van der Waals surface area contributed by atoms with Crippen LogP contribution in [0.3, 0.4) is 0 Å². The van der Waals surface area contributed by atoms with E-state index in [1.807, 2.05) is 0 Å². The Hall–Kier alpha value is -0.0800. The SMILES string of the molecule is CC1CCC(C)C(C)(C)C1CCC(C)[N+](C)(C)CCCCCC[N+](C)(C)C(C)CCC1C(C)CCC(C)C1(C)C. The molecule has 2 nitrogen and oxygen atoms in total. The van der Waals surface area contributed by atoms with Crippen LogP contribution in [0.2, 0.25) is 0 Å². The third-order valence-electron chi connectivity index (χ3n) is 14.3. The molecule has 2 fully saturated rings. The molecule has 0 amide bonds. The van der Waals surface area contributed by atoms with Gasteiger partial charge in [0.1, 0.15) is 0 Å². The van der Waals surface area contributed by atoms with Crippen molar-refractivity contribution < 1.29 is 8.97 Å². The molecule has 0 aromatic rings. The highest BCUT2D eigenvalue weighted by Crippen LogP contribution is 2.51. The van der Waals surface area contributed by atoms with E-state index in [4.69, 9.17) is 0 Å². The van der Waals surface area contributed by atoms with Gasteiger partial charge in [-0.15, -0.1) is 0 Å². The second kappa shape index (κ2) is 14.6. The maximum atomic E-state index is 2.56. The lowest BCUT2D eigenvalue weighted by Gasteiger charge is -2.48. The van der Waals surface area contributed by atoms with Crippen molar-refractivity contribution in [3.63, 3.8) is 0 Å². The van der Waals surface area contributed by atoms with E-state index in [2.05, 4.69) is 97.4 Å². The fraction of sp³-hybridized carbons (Fsp3) is 1.00. The second-order valence-corrected chi connectivity index (χ2v) is 18.0. The summed E-state index contributed by atoms with van der Waals surface area (Å²) in [5, 5.41) is 0. The first-order valence-electron chi connectivity index (χ1n) is 18.0. The van der Waals surface area contributed by atoms with E-state index in [0.29, 0.717) is 10.8 Å². The van der Waals surface area contributed by atoms with Gasteiger partial charge in [0.25, 0.3) is 0 Å². The van der Waals surface area contributed by atoms with Crippen molar-refractivity contribution in [2.24, 2.45) is 46.3 Å². The van der Waals surface area contributed by atoms with Gasteiger partial charge in [0.05, 0.1) is 53.4 Å². The van der Waals surface area contributed by atoms with E-state index in [-0.39, 0.29) is 0 Å². The van der Waals surface area contributed by atoms with Crippen LogP contribution < -0.4 is 0 Å². The maximum absolute atomic E-state index is 2.56. The Bertz CT molecular complexity index is 672. The van der Waals surface area contributed by atoms with Crippen LogP contribution in [0.5, 0.6) is 0 Å². The highest BCUT2D eigenvalue weighted by molar-refractivity contribution is 4.91. The van der Waals surface area contributed by atoms with Crippen LogP contribution in [0.25, 0.3) is 0 Å². The van der Waals surface area contributed by atoms with E-state index < -0.39 is 0 Å². The Kier molecular flexibility index (Phi) is 13.2. The van der Waals surface area contributed by atoms with Gasteiger partial charge in [-0.05, 0) is 124 Å². The monoisotopic (exact) mass is 563 g/mol. The summed E-state index contributed by atoms with van der Waals surface area (Å²) in [5.41, 5.74) is 1.00. The van der Waals surface area contributed by atoms with Gasteiger partial charge in [-0.3, -0.25) is 0 Å². The zero-order valence-electron chi connectivity index (χ0n) is 30.4. The highest BCUT2D eigenvalue weighted by Gasteiger charge is 2.43. The molecule has 2 aliphatic rings. The fourth-order valence-corrected chi connectivity index (χ4v) is 9.06. The van der Waals surface area contributed by atoms with Crippen LogP contribution in [-0.2, 0) is 0 Å². The van der Waals surface area contributed by atoms with Gasteiger partial charge < -0.3 is 8.97 Å². The van der Waals surface area contributed by atoms with Crippen LogP contribution >= 0.6 is 0 Å². The van der Waals surface area contributed by atoms with Crippen molar-refractivity contribution in [1.82, 2.24) is 0 Å². The molecule has 0 aromatic carbocycles. The lowest BCUT2D eigenvalue weighted by Crippen LogP contribution is -2.49. The number of hydrogen-bond donors (Lipinski definition) is 0. The molecule has 2 aliphatic carbocycles. The topological polar surface area (TPSA) is 0 Å². The molecule has 0 aliphatic heterocycles. The molecule has 2 saturated carbocycles. The molecule has 0 spiro atoms. The van der Waals surface area contributed by atoms with Crippen LogP contribution in [0.4, 0.5) is 0 Å². The maximum Gasteiger partial charge on any atom is 0.0857 e. The molecule has 0 bridgehead atoms. The summed E-state index contributed by atoms with van der Waals surface area (Å²) >= 11 is 0. The van der Waals surface area contributed by atoms with E-state index in [1.54, 1.807) is 0 Å². The van der Waals surface area contributed by atoms with Gasteiger partial charge in [0.2, 0.25) is 0 Å². The quantitative estimate of drug-likeness (QED) is 0.137. The molecule has 40 heavy (non-hydrogen) atoms. The summed E-state index contributed by atoms with van der Waals surface area (Å²) in [4.78, 5) is 0. The van der Waals surface area contributed by atoms with Crippen molar-refractivity contribution in [1.29, 1.82) is 0 Å². The summed E-state index contributed by atoms with van der Waals surface area (Å²) < 4.78 is 2.40. The third-order valence-corrected chi connectivity index (χ3v) is 14.3. The van der Waals surface area contributed by atoms with Crippen LogP contribution in [0.15, 0.2) is 0 Å². The highest BCUT2D eigenvalue weighted by atomic mass is 15.3. The fourth-order valence-electron chi connectivity index (χ4n) is 9.06. The lowest BCUT2D eigenvalue weighted by molar-refractivity contribution is -0.914. The Balaban J connectivity index is 1.69.